The number of carbonyl (C=O) groups excluding carboxylic acids is 1. The molecule has 0 unspecified atom stereocenters. The zero-order valence-electron chi connectivity index (χ0n) is 16.8. The fourth-order valence-corrected chi connectivity index (χ4v) is 3.30. The van der Waals surface area contributed by atoms with Crippen molar-refractivity contribution in [3.8, 4) is 0 Å². The molecular formula is C22H21ClN4O3. The Hall–Kier alpha value is -3.45. The van der Waals surface area contributed by atoms with Crippen LogP contribution in [0.1, 0.15) is 28.1 Å². The second kappa shape index (κ2) is 8.92. The summed E-state index contributed by atoms with van der Waals surface area (Å²) in [4.78, 5) is 22.6. The Labute approximate surface area is 179 Å². The number of anilines is 1. The van der Waals surface area contributed by atoms with Gasteiger partial charge in [0.25, 0.3) is 5.69 Å². The molecular weight excluding hydrogens is 404 g/mol. The van der Waals surface area contributed by atoms with Gasteiger partial charge in [0.2, 0.25) is 5.91 Å². The highest BCUT2D eigenvalue weighted by atomic mass is 35.5. The van der Waals surface area contributed by atoms with Crippen LogP contribution in [0.3, 0.4) is 0 Å². The Bertz CT molecular complexity index is 1130. The molecule has 0 radical (unpaired) electrons. The molecule has 1 amide bonds. The van der Waals surface area contributed by atoms with Crippen LogP contribution in [0.4, 0.5) is 11.4 Å². The largest absolute Gasteiger partial charge is 0.323 e. The van der Waals surface area contributed by atoms with Gasteiger partial charge in [-0.25, -0.2) is 0 Å². The number of nitrogens with zero attached hydrogens (tertiary/aromatic N) is 3. The van der Waals surface area contributed by atoms with E-state index in [1.54, 1.807) is 6.07 Å². The van der Waals surface area contributed by atoms with E-state index in [-0.39, 0.29) is 16.6 Å². The Kier molecular flexibility index (Phi) is 6.32. The number of amides is 1. The quantitative estimate of drug-likeness (QED) is 0.348. The Morgan fingerprint density at radius 2 is 1.93 bits per heavy atom. The number of nitrogens with one attached hydrogen (secondary N) is 1. The van der Waals surface area contributed by atoms with E-state index in [1.807, 2.05) is 49.8 Å². The van der Waals surface area contributed by atoms with Gasteiger partial charge >= 0.3 is 0 Å². The molecule has 0 bridgehead atoms. The van der Waals surface area contributed by atoms with Crippen LogP contribution in [0.25, 0.3) is 6.08 Å². The molecule has 0 aliphatic heterocycles. The molecule has 0 fully saturated rings. The lowest BCUT2D eigenvalue weighted by molar-refractivity contribution is -0.384. The van der Waals surface area contributed by atoms with Crippen molar-refractivity contribution in [2.45, 2.75) is 20.3 Å². The van der Waals surface area contributed by atoms with Crippen LogP contribution in [0.15, 0.2) is 48.5 Å². The molecule has 7 nitrogen and oxygen atoms in total. The summed E-state index contributed by atoms with van der Waals surface area (Å²) in [6.07, 6.45) is 3.60. The summed E-state index contributed by atoms with van der Waals surface area (Å²) in [7, 11) is 1.93. The average Bonchev–Trinajstić information content (AvgIpc) is 2.94. The molecule has 30 heavy (non-hydrogen) atoms. The van der Waals surface area contributed by atoms with Gasteiger partial charge in [0.05, 0.1) is 10.6 Å². The van der Waals surface area contributed by atoms with Crippen molar-refractivity contribution < 1.29 is 9.72 Å². The van der Waals surface area contributed by atoms with Crippen LogP contribution in [0.5, 0.6) is 0 Å². The second-order valence-electron chi connectivity index (χ2n) is 6.94. The third kappa shape index (κ3) is 4.93. The average molecular weight is 425 g/mol. The molecule has 0 saturated carbocycles. The maximum Gasteiger partial charge on any atom is 0.288 e. The second-order valence-corrected chi connectivity index (χ2v) is 7.34. The maximum atomic E-state index is 12.2. The fourth-order valence-electron chi connectivity index (χ4n) is 3.11. The number of hydrogen-bond acceptors (Lipinski definition) is 4. The fraction of sp³-hybridized carbons (Fsp3) is 0.182. The van der Waals surface area contributed by atoms with Gasteiger partial charge < -0.3 is 5.32 Å². The molecule has 0 atom stereocenters. The summed E-state index contributed by atoms with van der Waals surface area (Å²) in [6, 6.07) is 12.0. The number of benzene rings is 2. The summed E-state index contributed by atoms with van der Waals surface area (Å²) in [6.45, 7) is 4.05. The first-order chi connectivity index (χ1) is 14.2. The van der Waals surface area contributed by atoms with E-state index in [0.717, 1.165) is 23.4 Å². The number of rotatable bonds is 6. The summed E-state index contributed by atoms with van der Waals surface area (Å²) in [5.41, 5.74) is 5.45. The molecule has 0 saturated heterocycles. The van der Waals surface area contributed by atoms with Crippen molar-refractivity contribution in [3.63, 3.8) is 0 Å². The normalized spacial score (nSPS) is 11.1. The van der Waals surface area contributed by atoms with Crippen LogP contribution in [0, 0.1) is 24.0 Å². The lowest BCUT2D eigenvalue weighted by Crippen LogP contribution is -2.07. The molecule has 0 aliphatic carbocycles. The van der Waals surface area contributed by atoms with Gasteiger partial charge in [0, 0.05) is 42.6 Å². The monoisotopic (exact) mass is 424 g/mol. The van der Waals surface area contributed by atoms with E-state index < -0.39 is 4.92 Å². The first kappa shape index (κ1) is 21.3. The van der Waals surface area contributed by atoms with Gasteiger partial charge in [0.15, 0.2) is 0 Å². The van der Waals surface area contributed by atoms with Crippen LogP contribution in [-0.4, -0.2) is 20.6 Å². The van der Waals surface area contributed by atoms with Crippen molar-refractivity contribution in [2.75, 3.05) is 5.32 Å². The van der Waals surface area contributed by atoms with Crippen molar-refractivity contribution in [2.24, 2.45) is 7.05 Å². The number of aromatic nitrogens is 2. The van der Waals surface area contributed by atoms with Gasteiger partial charge in [-0.2, -0.15) is 5.10 Å². The van der Waals surface area contributed by atoms with Gasteiger partial charge in [0.1, 0.15) is 5.02 Å². The van der Waals surface area contributed by atoms with E-state index >= 15 is 0 Å². The molecule has 1 aromatic heterocycles. The molecule has 1 N–H and O–H groups in total. The number of nitro benzene ring substituents is 1. The zero-order valence-corrected chi connectivity index (χ0v) is 17.6. The molecule has 0 aliphatic rings. The van der Waals surface area contributed by atoms with E-state index in [1.165, 1.54) is 29.8 Å². The third-order valence-electron chi connectivity index (χ3n) is 4.86. The third-order valence-corrected chi connectivity index (χ3v) is 5.17. The van der Waals surface area contributed by atoms with Crippen LogP contribution >= 0.6 is 11.6 Å². The van der Waals surface area contributed by atoms with E-state index in [4.69, 9.17) is 11.6 Å². The number of nitro groups is 1. The van der Waals surface area contributed by atoms with Crippen LogP contribution in [-0.2, 0) is 18.3 Å². The Morgan fingerprint density at radius 3 is 2.53 bits per heavy atom. The van der Waals surface area contributed by atoms with Crippen LogP contribution < -0.4 is 5.32 Å². The predicted octanol–water partition coefficient (Wildman–Crippen LogP) is 4.84. The summed E-state index contributed by atoms with van der Waals surface area (Å²) in [5, 5.41) is 18.2. The number of carbonyl (C=O) groups is 1. The van der Waals surface area contributed by atoms with Gasteiger partial charge in [-0.1, -0.05) is 29.8 Å². The van der Waals surface area contributed by atoms with E-state index in [0.29, 0.717) is 11.3 Å². The Balaban J connectivity index is 1.64. The minimum Gasteiger partial charge on any atom is -0.323 e. The minimum absolute atomic E-state index is 0.0540. The number of halogens is 1. The van der Waals surface area contributed by atoms with E-state index in [9.17, 15) is 14.9 Å². The SMILES string of the molecule is Cc1nn(C)c(C)c1Cc1ccc(NC(=O)/C=C/c2ccc(Cl)c([N+](=O)[O-])c2)cc1. The maximum absolute atomic E-state index is 12.2. The predicted molar refractivity (Wildman–Crippen MR) is 118 cm³/mol. The lowest BCUT2D eigenvalue weighted by atomic mass is 10.0. The van der Waals surface area contributed by atoms with E-state index in [2.05, 4.69) is 10.4 Å². The molecule has 3 aromatic rings. The summed E-state index contributed by atoms with van der Waals surface area (Å²) in [5.74, 6) is -0.334. The number of hydrogen-bond donors (Lipinski definition) is 1. The van der Waals surface area contributed by atoms with Crippen molar-refractivity contribution >= 4 is 35.0 Å². The highest BCUT2D eigenvalue weighted by molar-refractivity contribution is 6.32. The molecule has 0 spiro atoms. The molecule has 8 heteroatoms. The lowest BCUT2D eigenvalue weighted by Gasteiger charge is -2.06. The highest BCUT2D eigenvalue weighted by Crippen LogP contribution is 2.25. The van der Waals surface area contributed by atoms with Crippen molar-refractivity contribution in [1.82, 2.24) is 9.78 Å². The van der Waals surface area contributed by atoms with Crippen LogP contribution in [0.2, 0.25) is 5.02 Å². The first-order valence-corrected chi connectivity index (χ1v) is 9.63. The summed E-state index contributed by atoms with van der Waals surface area (Å²) >= 11 is 5.79. The molecule has 1 heterocycles. The van der Waals surface area contributed by atoms with Crippen molar-refractivity contribution in [3.05, 3.63) is 91.8 Å². The Morgan fingerprint density at radius 1 is 1.23 bits per heavy atom. The molecule has 154 valence electrons. The minimum atomic E-state index is -0.560. The van der Waals surface area contributed by atoms with Gasteiger partial charge in [-0.05, 0) is 49.2 Å². The standard InChI is InChI=1S/C22H21ClN4O3/c1-14-19(15(2)26(3)25-14)12-16-4-8-18(9-5-16)24-22(28)11-7-17-6-10-20(23)21(13-17)27(29)30/h4-11,13H,12H2,1-3H3,(H,24,28)/b11-7+. The first-order valence-electron chi connectivity index (χ1n) is 9.25. The molecule has 3 rings (SSSR count). The highest BCUT2D eigenvalue weighted by Gasteiger charge is 2.12. The van der Waals surface area contributed by atoms with Crippen molar-refractivity contribution in [1.29, 1.82) is 0 Å². The summed E-state index contributed by atoms with van der Waals surface area (Å²) < 4.78 is 1.88. The molecule has 2 aromatic carbocycles. The smallest absolute Gasteiger partial charge is 0.288 e. The topological polar surface area (TPSA) is 90.1 Å². The van der Waals surface area contributed by atoms with Gasteiger partial charge in [-0.3, -0.25) is 19.6 Å². The number of aryl methyl sites for hydroxylation is 2. The zero-order chi connectivity index (χ0) is 21.8. The van der Waals surface area contributed by atoms with Gasteiger partial charge in [-0.15, -0.1) is 0 Å².